The van der Waals surface area contributed by atoms with Crippen molar-refractivity contribution in [1.82, 2.24) is 15.0 Å². The van der Waals surface area contributed by atoms with Crippen molar-refractivity contribution in [3.8, 4) is 5.75 Å². The van der Waals surface area contributed by atoms with Gasteiger partial charge in [0.1, 0.15) is 29.3 Å². The van der Waals surface area contributed by atoms with Gasteiger partial charge in [0.25, 0.3) is 17.7 Å². The normalized spacial score (nSPS) is 15.8. The molecule has 0 saturated carbocycles. The number of benzene rings is 3. The Kier molecular flexibility index (Phi) is 31.5. The highest BCUT2D eigenvalue weighted by molar-refractivity contribution is 7.57. The molecule has 7 rings (SSSR count). The topological polar surface area (TPSA) is 286 Å². The average Bonchev–Trinajstić information content (AvgIpc) is 1.78. The Hall–Kier alpha value is -5.58. The van der Waals surface area contributed by atoms with Gasteiger partial charge in [-0.05, 0) is 159 Å². The summed E-state index contributed by atoms with van der Waals surface area (Å²) in [5.41, 5.74) is 11.0. The number of methoxy groups -OCH3 is 1. The monoisotopic (exact) mass is 1350 g/mol. The average molecular weight is 1350 g/mol. The number of anilines is 5. The zero-order valence-corrected chi connectivity index (χ0v) is 56.0. The maximum Gasteiger partial charge on any atom is 0.349 e. The molecule has 6 N–H and O–H groups in total. The van der Waals surface area contributed by atoms with E-state index in [0.29, 0.717) is 71.1 Å². The van der Waals surface area contributed by atoms with Crippen LogP contribution in [-0.4, -0.2) is 141 Å². The van der Waals surface area contributed by atoms with Gasteiger partial charge in [0.15, 0.2) is 12.2 Å². The summed E-state index contributed by atoms with van der Waals surface area (Å²) in [6, 6.07) is 17.0. The third-order valence-electron chi connectivity index (χ3n) is 12.6. The van der Waals surface area contributed by atoms with Crippen LogP contribution in [-0.2, 0) is 49.2 Å². The van der Waals surface area contributed by atoms with Crippen molar-refractivity contribution in [2.75, 3.05) is 77.5 Å². The van der Waals surface area contributed by atoms with Crippen molar-refractivity contribution in [3.63, 3.8) is 0 Å². The molecule has 3 aromatic carbocycles. The van der Waals surface area contributed by atoms with Crippen molar-refractivity contribution in [1.29, 1.82) is 0 Å². The van der Waals surface area contributed by atoms with Crippen LogP contribution >= 0.6 is 77.0 Å². The first kappa shape index (κ1) is 75.7. The van der Waals surface area contributed by atoms with Gasteiger partial charge in [0.05, 0.1) is 42.4 Å². The van der Waals surface area contributed by atoms with E-state index >= 15 is 0 Å². The van der Waals surface area contributed by atoms with Crippen LogP contribution in [0.3, 0.4) is 0 Å². The number of aliphatic carboxylic acids is 1. The van der Waals surface area contributed by atoms with Gasteiger partial charge in [-0.2, -0.15) is 15.0 Å². The lowest BCUT2D eigenvalue weighted by molar-refractivity contribution is -0.139. The molecule has 4 unspecified atom stereocenters. The molecule has 1 aliphatic carbocycles. The minimum absolute atomic E-state index is 0.0223. The molecule has 87 heavy (non-hydrogen) atoms. The fourth-order valence-corrected chi connectivity index (χ4v) is 10.3. The van der Waals surface area contributed by atoms with E-state index in [1.54, 1.807) is 42.0 Å². The Morgan fingerprint density at radius 2 is 1.59 bits per heavy atom. The Morgan fingerprint density at radius 1 is 0.966 bits per heavy atom. The van der Waals surface area contributed by atoms with Crippen LogP contribution in [0.4, 0.5) is 29.0 Å². The van der Waals surface area contributed by atoms with Gasteiger partial charge in [-0.15, -0.1) is 11.6 Å². The maximum absolute atomic E-state index is 12.7. The number of carboxylic acid groups (broad SMARTS) is 1. The zero-order chi connectivity index (χ0) is 65.5. The molecule has 0 radical (unpaired) electrons. The lowest BCUT2D eigenvalue weighted by atomic mass is 9.93. The Bertz CT molecular complexity index is 3120. The van der Waals surface area contributed by atoms with Gasteiger partial charge in [0, 0.05) is 48.2 Å². The fraction of sp³-hybridized carbons (Fsp3) is 0.475. The smallest absolute Gasteiger partial charge is 0.349 e. The molecular formula is C59H78Cl6N9O12P. The van der Waals surface area contributed by atoms with Crippen LogP contribution in [0.25, 0.3) is 6.08 Å². The highest BCUT2D eigenvalue weighted by Crippen LogP contribution is 2.39. The number of nitrogens with one attached hydrogen (secondary N) is 2. The second-order valence-corrected chi connectivity index (χ2v) is 26.0. The van der Waals surface area contributed by atoms with E-state index in [0.717, 1.165) is 48.3 Å². The minimum Gasteiger partial charge on any atom is -0.489 e. The predicted molar refractivity (Wildman–Crippen MR) is 348 cm³/mol. The number of carbonyl (C=O) groups is 6. The van der Waals surface area contributed by atoms with E-state index in [9.17, 15) is 33.3 Å². The van der Waals surface area contributed by atoms with Crippen LogP contribution in [0.2, 0.25) is 10.3 Å². The molecule has 0 bridgehead atoms. The SMILES string of the molecule is CC1COc2ccccc2N1C(=O)C(Cl)Cl.CCNc1nc(Cl)nc(NC(C)(C)C)n1.CCOC(=O)/C(Cl)=C/c1cc(N2C(=O)C3=C(CCCC3)C2=O)ccc1Cl.CCc1cccc(C)c1N(C(=O)CCl)C(C)COC.CP(=O)(O)CCC(N)C(=O)O. The standard InChI is InChI=1S/C19H17Cl2NO4.C15H22ClNO2.C11H11Cl2NO2.C9H16ClN5.C5H12NO4P/c1-2-26-19(25)16(21)10-11-9-12(7-8-15(11)20)22-17(23)13-5-3-4-6-14(13)18(22)24;1-5-13-8-6-7-11(2)15(13)17(14(18)9-16)12(3)10-19-4;1-7-6-16-9-5-3-2-4-8(9)14(7)11(15)10(12)13;1-5-11-7-12-6(10)13-8(14-7)15-9(2,3)4;1-11(9,10)3-2-4(6)5(7)8/h7-10H,2-6H2,1H3;6-8,12H,5,9-10H2,1-4H3;2-5,7,10H,6H2,1H3;5H2,1-4H3,(H2,11,12,13,14,15);4H,2-3,6H2,1H3,(H,7,8)(H,9,10)/b16-10-;;;;. The van der Waals surface area contributed by atoms with Crippen LogP contribution in [0.15, 0.2) is 76.8 Å². The number of carbonyl (C=O) groups excluding carboxylic acids is 5. The van der Waals surface area contributed by atoms with E-state index in [2.05, 4.69) is 38.6 Å². The Labute approximate surface area is 539 Å². The van der Waals surface area contributed by atoms with Gasteiger partial charge in [0.2, 0.25) is 23.1 Å². The minimum atomic E-state index is -3.10. The number of carboxylic acids is 1. The van der Waals surface area contributed by atoms with Gasteiger partial charge in [-0.1, -0.05) is 83.7 Å². The molecule has 478 valence electrons. The van der Waals surface area contributed by atoms with Crippen LogP contribution in [0.1, 0.15) is 104 Å². The summed E-state index contributed by atoms with van der Waals surface area (Å²) in [4.78, 5) is 95.5. The number of hydrogen-bond donors (Lipinski definition) is 5. The molecular weight excluding hydrogens is 1270 g/mol. The number of fused-ring (bicyclic) bond motifs is 1. The van der Waals surface area contributed by atoms with E-state index < -0.39 is 30.2 Å². The first-order chi connectivity index (χ1) is 40.8. The number of aryl methyl sites for hydroxylation is 2. The van der Waals surface area contributed by atoms with Crippen molar-refractivity contribution < 1.29 is 57.5 Å². The number of nitrogens with two attached hydrogens (primary N) is 1. The Balaban J connectivity index is 0.000000293. The third-order valence-corrected chi connectivity index (χ3v) is 15.1. The molecule has 21 nitrogen and oxygen atoms in total. The summed E-state index contributed by atoms with van der Waals surface area (Å²) >= 11 is 34.9. The number of para-hydroxylation sites is 3. The van der Waals surface area contributed by atoms with Crippen molar-refractivity contribution in [2.24, 2.45) is 5.73 Å². The predicted octanol–water partition coefficient (Wildman–Crippen LogP) is 11.9. The first-order valence-corrected chi connectivity index (χ1v) is 32.6. The van der Waals surface area contributed by atoms with E-state index in [4.69, 9.17) is 99.5 Å². The highest BCUT2D eigenvalue weighted by Gasteiger charge is 2.40. The van der Waals surface area contributed by atoms with E-state index in [1.807, 2.05) is 84.9 Å². The lowest BCUT2D eigenvalue weighted by Crippen LogP contribution is -2.47. The van der Waals surface area contributed by atoms with Crippen LogP contribution in [0.5, 0.6) is 5.75 Å². The molecule has 0 fully saturated rings. The quantitative estimate of drug-likeness (QED) is 0.0203. The molecule has 3 aliphatic rings. The molecule has 2 aliphatic heterocycles. The summed E-state index contributed by atoms with van der Waals surface area (Å²) in [6.45, 7) is 20.7. The summed E-state index contributed by atoms with van der Waals surface area (Å²) < 4.78 is 26.2. The van der Waals surface area contributed by atoms with Crippen LogP contribution < -0.4 is 35.8 Å². The number of aromatic nitrogens is 3. The molecule has 0 saturated heterocycles. The molecule has 3 heterocycles. The zero-order valence-electron chi connectivity index (χ0n) is 50.6. The largest absolute Gasteiger partial charge is 0.489 e. The van der Waals surface area contributed by atoms with Gasteiger partial charge in [-0.3, -0.25) is 28.5 Å². The molecule has 1 aromatic heterocycles. The number of rotatable bonds is 18. The molecule has 28 heteroatoms. The number of amides is 4. The van der Waals surface area contributed by atoms with Crippen molar-refractivity contribution >= 4 is 148 Å². The lowest BCUT2D eigenvalue weighted by Gasteiger charge is -2.35. The van der Waals surface area contributed by atoms with E-state index in [-0.39, 0.29) is 76.6 Å². The molecule has 0 spiro atoms. The summed E-state index contributed by atoms with van der Waals surface area (Å²) in [6.07, 6.45) is 5.33. The van der Waals surface area contributed by atoms with E-state index in [1.165, 1.54) is 17.6 Å². The van der Waals surface area contributed by atoms with Gasteiger partial charge in [-0.25, -0.2) is 9.69 Å². The first-order valence-electron chi connectivity index (χ1n) is 27.8. The maximum atomic E-state index is 12.7. The van der Waals surface area contributed by atoms with Crippen molar-refractivity contribution in [3.05, 3.63) is 104 Å². The van der Waals surface area contributed by atoms with Gasteiger partial charge >= 0.3 is 11.9 Å². The van der Waals surface area contributed by atoms with Crippen molar-refractivity contribution in [2.45, 2.75) is 129 Å². The number of ether oxygens (including phenoxy) is 3. The number of alkyl halides is 3. The highest BCUT2D eigenvalue weighted by atomic mass is 35.5. The summed E-state index contributed by atoms with van der Waals surface area (Å²) in [5, 5.41) is 14.8. The Morgan fingerprint density at radius 3 is 2.13 bits per heavy atom. The number of nitrogens with zero attached hydrogens (tertiary/aromatic N) is 6. The van der Waals surface area contributed by atoms with Crippen LogP contribution in [0, 0.1) is 6.92 Å². The summed E-state index contributed by atoms with van der Waals surface area (Å²) in [7, 11) is -1.47. The number of esters is 1. The van der Waals surface area contributed by atoms with Gasteiger partial charge < -0.3 is 50.4 Å². The number of halogens is 6. The number of imide groups is 1. The fourth-order valence-electron chi connectivity index (χ4n) is 8.69. The second kappa shape index (κ2) is 36.2. The molecule has 4 amide bonds. The third kappa shape index (κ3) is 23.7. The molecule has 4 atom stereocenters. The number of hydrogen-bond acceptors (Lipinski definition) is 16. The summed E-state index contributed by atoms with van der Waals surface area (Å²) in [5.74, 6) is -1.13. The second-order valence-electron chi connectivity index (χ2n) is 21.0. The molecule has 4 aromatic rings.